The van der Waals surface area contributed by atoms with Crippen molar-refractivity contribution in [3.05, 3.63) is 71.8 Å². The van der Waals surface area contributed by atoms with Crippen molar-refractivity contribution in [1.29, 1.82) is 0 Å². The third-order valence-corrected chi connectivity index (χ3v) is 2.76. The monoisotopic (exact) mass is 317 g/mol. The molecule has 0 aliphatic carbocycles. The van der Waals surface area contributed by atoms with Crippen LogP contribution in [0.3, 0.4) is 0 Å². The fourth-order valence-corrected chi connectivity index (χ4v) is 1.68. The number of anilines is 1. The van der Waals surface area contributed by atoms with Crippen LogP contribution in [0.1, 0.15) is 5.56 Å². The zero-order valence-electron chi connectivity index (χ0n) is 12.0. The van der Waals surface area contributed by atoms with E-state index in [1.165, 1.54) is 12.1 Å². The normalized spacial score (nSPS) is 10.5. The van der Waals surface area contributed by atoms with Gasteiger partial charge in [0.25, 0.3) is 5.91 Å². The molecule has 0 spiro atoms. The zero-order chi connectivity index (χ0) is 16.7. The highest BCUT2D eigenvalue weighted by molar-refractivity contribution is 5.94. The predicted octanol–water partition coefficient (Wildman–Crippen LogP) is 3.16. The van der Waals surface area contributed by atoms with Gasteiger partial charge in [0.15, 0.2) is 18.2 Å². The molecule has 4 nitrogen and oxygen atoms in total. The number of hydrogen-bond donors (Lipinski definition) is 1. The molecule has 118 valence electrons. The lowest BCUT2D eigenvalue weighted by Crippen LogP contribution is -2.20. The van der Waals surface area contributed by atoms with Crippen molar-refractivity contribution in [2.45, 2.75) is 0 Å². The summed E-state index contributed by atoms with van der Waals surface area (Å²) in [4.78, 5) is 23.0. The largest absolute Gasteiger partial charge is 0.452 e. The van der Waals surface area contributed by atoms with Crippen LogP contribution in [0, 0.1) is 11.6 Å². The van der Waals surface area contributed by atoms with Gasteiger partial charge in [-0.15, -0.1) is 0 Å². The lowest BCUT2D eigenvalue weighted by molar-refractivity contribution is -0.142. The molecule has 0 saturated heterocycles. The molecular weight excluding hydrogens is 304 g/mol. The molecule has 0 unspecified atom stereocenters. The van der Waals surface area contributed by atoms with E-state index in [9.17, 15) is 18.4 Å². The maximum atomic E-state index is 13.0. The Morgan fingerprint density at radius 3 is 2.48 bits per heavy atom. The van der Waals surface area contributed by atoms with Gasteiger partial charge in [-0.25, -0.2) is 13.6 Å². The minimum absolute atomic E-state index is 0.0739. The van der Waals surface area contributed by atoms with E-state index in [1.807, 2.05) is 18.2 Å². The number of halogens is 2. The van der Waals surface area contributed by atoms with Gasteiger partial charge in [0.05, 0.1) is 0 Å². The number of esters is 1. The average Bonchev–Trinajstić information content (AvgIpc) is 2.55. The number of amides is 1. The summed E-state index contributed by atoms with van der Waals surface area (Å²) in [7, 11) is 0. The maximum Gasteiger partial charge on any atom is 0.331 e. The van der Waals surface area contributed by atoms with Crippen LogP contribution in [0.4, 0.5) is 14.5 Å². The van der Waals surface area contributed by atoms with E-state index in [-0.39, 0.29) is 5.69 Å². The number of carbonyl (C=O) groups is 2. The predicted molar refractivity (Wildman–Crippen MR) is 81.4 cm³/mol. The van der Waals surface area contributed by atoms with Gasteiger partial charge in [0, 0.05) is 17.8 Å². The Bertz CT molecular complexity index is 730. The molecule has 0 aromatic heterocycles. The summed E-state index contributed by atoms with van der Waals surface area (Å²) in [6.45, 7) is -0.531. The fourth-order valence-electron chi connectivity index (χ4n) is 1.68. The SMILES string of the molecule is O=C(COC(=O)/C=C/c1ccccc1)Nc1ccc(F)c(F)c1. The van der Waals surface area contributed by atoms with Gasteiger partial charge < -0.3 is 10.1 Å². The van der Waals surface area contributed by atoms with Crippen LogP contribution in [0.25, 0.3) is 6.08 Å². The zero-order valence-corrected chi connectivity index (χ0v) is 12.0. The Balaban J connectivity index is 1.80. The van der Waals surface area contributed by atoms with Crippen LogP contribution in [-0.4, -0.2) is 18.5 Å². The molecular formula is C17H13F2NO3. The van der Waals surface area contributed by atoms with Gasteiger partial charge >= 0.3 is 5.97 Å². The van der Waals surface area contributed by atoms with Crippen LogP contribution in [0.2, 0.25) is 0 Å². The summed E-state index contributed by atoms with van der Waals surface area (Å²) in [5.41, 5.74) is 0.889. The molecule has 23 heavy (non-hydrogen) atoms. The molecule has 1 N–H and O–H groups in total. The molecule has 0 aliphatic heterocycles. The summed E-state index contributed by atoms with van der Waals surface area (Å²) >= 11 is 0. The molecule has 2 aromatic carbocycles. The minimum atomic E-state index is -1.08. The van der Waals surface area contributed by atoms with E-state index in [0.29, 0.717) is 0 Å². The summed E-state index contributed by atoms with van der Waals surface area (Å²) in [6.07, 6.45) is 2.75. The van der Waals surface area contributed by atoms with Gasteiger partial charge in [-0.2, -0.15) is 0 Å². The first-order valence-electron chi connectivity index (χ1n) is 6.69. The second-order valence-corrected chi connectivity index (χ2v) is 4.53. The third kappa shape index (κ3) is 5.35. The summed E-state index contributed by atoms with van der Waals surface area (Å²) in [6, 6.07) is 12.0. The standard InChI is InChI=1S/C17H13F2NO3/c18-14-8-7-13(10-15(14)19)20-16(21)11-23-17(22)9-6-12-4-2-1-3-5-12/h1-10H,11H2,(H,20,21)/b9-6+. The average molecular weight is 317 g/mol. The highest BCUT2D eigenvalue weighted by Crippen LogP contribution is 2.12. The molecule has 2 aromatic rings. The number of benzene rings is 2. The van der Waals surface area contributed by atoms with Gasteiger partial charge in [-0.1, -0.05) is 30.3 Å². The van der Waals surface area contributed by atoms with Gasteiger partial charge in [-0.3, -0.25) is 4.79 Å². The molecule has 1 amide bonds. The summed E-state index contributed by atoms with van der Waals surface area (Å²) in [5.74, 6) is -3.43. The number of carbonyl (C=O) groups excluding carboxylic acids is 2. The van der Waals surface area contributed by atoms with Gasteiger partial charge in [0.1, 0.15) is 0 Å². The van der Waals surface area contributed by atoms with Gasteiger partial charge in [-0.05, 0) is 23.8 Å². The number of ether oxygens (including phenoxy) is 1. The Morgan fingerprint density at radius 1 is 1.04 bits per heavy atom. The molecule has 0 atom stereocenters. The smallest absolute Gasteiger partial charge is 0.331 e. The third-order valence-electron chi connectivity index (χ3n) is 2.76. The first-order valence-corrected chi connectivity index (χ1v) is 6.69. The van der Waals surface area contributed by atoms with Crippen LogP contribution in [0.15, 0.2) is 54.6 Å². The lowest BCUT2D eigenvalue weighted by atomic mass is 10.2. The van der Waals surface area contributed by atoms with E-state index in [0.717, 1.165) is 17.7 Å². The van der Waals surface area contributed by atoms with E-state index >= 15 is 0 Å². The lowest BCUT2D eigenvalue weighted by Gasteiger charge is -2.05. The van der Waals surface area contributed by atoms with Crippen molar-refractivity contribution < 1.29 is 23.1 Å². The maximum absolute atomic E-state index is 13.0. The Morgan fingerprint density at radius 2 is 1.78 bits per heavy atom. The minimum Gasteiger partial charge on any atom is -0.452 e. The quantitative estimate of drug-likeness (QED) is 0.681. The molecule has 6 heteroatoms. The molecule has 0 fully saturated rings. The summed E-state index contributed by atoms with van der Waals surface area (Å²) in [5, 5.41) is 2.29. The number of hydrogen-bond acceptors (Lipinski definition) is 3. The van der Waals surface area contributed by atoms with E-state index in [1.54, 1.807) is 18.2 Å². The molecule has 0 saturated carbocycles. The topological polar surface area (TPSA) is 55.4 Å². The van der Waals surface area contributed by atoms with Crippen molar-refractivity contribution >= 4 is 23.6 Å². The second-order valence-electron chi connectivity index (χ2n) is 4.53. The van der Waals surface area contributed by atoms with Crippen molar-refractivity contribution in [2.24, 2.45) is 0 Å². The van der Waals surface area contributed by atoms with Crippen molar-refractivity contribution in [3.63, 3.8) is 0 Å². The van der Waals surface area contributed by atoms with Crippen molar-refractivity contribution in [1.82, 2.24) is 0 Å². The van der Waals surface area contributed by atoms with Crippen LogP contribution >= 0.6 is 0 Å². The number of nitrogens with one attached hydrogen (secondary N) is 1. The molecule has 0 bridgehead atoms. The molecule has 2 rings (SSSR count). The van der Waals surface area contributed by atoms with Gasteiger partial charge in [0.2, 0.25) is 0 Å². The van der Waals surface area contributed by atoms with Crippen LogP contribution < -0.4 is 5.32 Å². The van der Waals surface area contributed by atoms with E-state index in [2.05, 4.69) is 5.32 Å². The van der Waals surface area contributed by atoms with E-state index in [4.69, 9.17) is 4.74 Å². The molecule has 0 radical (unpaired) electrons. The second kappa shape index (κ2) is 7.84. The Kier molecular flexibility index (Phi) is 5.57. The fraction of sp³-hybridized carbons (Fsp3) is 0.0588. The van der Waals surface area contributed by atoms with Crippen LogP contribution in [-0.2, 0) is 14.3 Å². The number of rotatable bonds is 5. The highest BCUT2D eigenvalue weighted by atomic mass is 19.2. The highest BCUT2D eigenvalue weighted by Gasteiger charge is 2.08. The van der Waals surface area contributed by atoms with Crippen molar-refractivity contribution in [3.8, 4) is 0 Å². The first-order chi connectivity index (χ1) is 11.0. The Labute approximate surface area is 131 Å². The van der Waals surface area contributed by atoms with Crippen molar-refractivity contribution in [2.75, 3.05) is 11.9 Å². The van der Waals surface area contributed by atoms with Crippen LogP contribution in [0.5, 0.6) is 0 Å². The first kappa shape index (κ1) is 16.4. The van der Waals surface area contributed by atoms with E-state index < -0.39 is 30.1 Å². The Hall–Kier alpha value is -3.02. The molecule has 0 heterocycles. The summed E-state index contributed by atoms with van der Waals surface area (Å²) < 4.78 is 30.5. The molecule has 0 aliphatic rings.